The quantitative estimate of drug-likeness (QED) is 0.452. The molecular weight excluding hydrogens is 388 g/mol. The third kappa shape index (κ3) is 5.00. The van der Waals surface area contributed by atoms with E-state index in [1.165, 1.54) is 113 Å². The van der Waals surface area contributed by atoms with Crippen LogP contribution in [0.1, 0.15) is 96.3 Å². The molecule has 0 heterocycles. The molecule has 0 unspecified atom stereocenters. The Labute approximate surface area is 196 Å². The Morgan fingerprint density at radius 1 is 0.406 bits per heavy atom. The van der Waals surface area contributed by atoms with Gasteiger partial charge in [0.25, 0.3) is 0 Å². The van der Waals surface area contributed by atoms with E-state index in [1.54, 1.807) is 0 Å². The average molecular weight is 431 g/mol. The van der Waals surface area contributed by atoms with Crippen LogP contribution in [0.2, 0.25) is 0 Å². The zero-order valence-electron chi connectivity index (χ0n) is 19.9. The van der Waals surface area contributed by atoms with Gasteiger partial charge in [0.15, 0.2) is 0 Å². The Morgan fingerprint density at radius 2 is 0.812 bits per heavy atom. The number of hydrogen-bond donors (Lipinski definition) is 0. The highest BCUT2D eigenvalue weighted by molar-refractivity contribution is 5.67. The van der Waals surface area contributed by atoms with E-state index < -0.39 is 0 Å². The Balaban J connectivity index is 1.43. The van der Waals surface area contributed by atoms with E-state index >= 15 is 0 Å². The van der Waals surface area contributed by atoms with Crippen molar-refractivity contribution >= 4 is 17.1 Å². The number of benzene rings is 2. The second-order valence-electron chi connectivity index (χ2n) is 10.5. The van der Waals surface area contributed by atoms with Gasteiger partial charge < -0.3 is 9.80 Å². The van der Waals surface area contributed by atoms with Crippen molar-refractivity contribution in [1.29, 1.82) is 0 Å². The lowest BCUT2D eigenvalue weighted by molar-refractivity contribution is 0.340. The summed E-state index contributed by atoms with van der Waals surface area (Å²) >= 11 is 0. The lowest BCUT2D eigenvalue weighted by atomic mass is 9.88. The van der Waals surface area contributed by atoms with Crippen LogP contribution >= 0.6 is 0 Å². The van der Waals surface area contributed by atoms with Crippen molar-refractivity contribution in [1.82, 2.24) is 0 Å². The standard InChI is InChI=1S/C30H42N2/c1-5-13-25(14-6-1)31(26-15-7-2-8-16-26)29-21-23-30(24-22-29)32(27-17-9-3-10-18-27)28-19-11-4-12-20-28/h1,5-6,13-14,21-24,26-28H,2-4,7-12,15-20H2. The predicted molar refractivity (Wildman–Crippen MR) is 138 cm³/mol. The molecule has 0 N–H and O–H groups in total. The van der Waals surface area contributed by atoms with E-state index in [0.29, 0.717) is 6.04 Å². The molecule has 3 aliphatic rings. The molecule has 2 aromatic rings. The summed E-state index contributed by atoms with van der Waals surface area (Å²) in [6.07, 6.45) is 20.8. The number of anilines is 3. The van der Waals surface area contributed by atoms with Gasteiger partial charge in [0.2, 0.25) is 0 Å². The zero-order chi connectivity index (χ0) is 21.6. The molecule has 0 saturated heterocycles. The smallest absolute Gasteiger partial charge is 0.0414 e. The van der Waals surface area contributed by atoms with E-state index in [4.69, 9.17) is 0 Å². The Kier molecular flexibility index (Phi) is 7.36. The molecule has 3 fully saturated rings. The van der Waals surface area contributed by atoms with Crippen LogP contribution in [0.4, 0.5) is 17.1 Å². The van der Waals surface area contributed by atoms with Crippen LogP contribution in [0.25, 0.3) is 0 Å². The number of nitrogens with zero attached hydrogens (tertiary/aromatic N) is 2. The topological polar surface area (TPSA) is 6.48 Å². The molecule has 0 atom stereocenters. The minimum atomic E-state index is 0.629. The summed E-state index contributed by atoms with van der Waals surface area (Å²) < 4.78 is 0. The average Bonchev–Trinajstić information content (AvgIpc) is 2.88. The highest BCUT2D eigenvalue weighted by atomic mass is 15.2. The number of para-hydroxylation sites is 1. The van der Waals surface area contributed by atoms with Crippen LogP contribution in [0.5, 0.6) is 0 Å². The molecule has 3 aliphatic carbocycles. The molecule has 0 bridgehead atoms. The van der Waals surface area contributed by atoms with Crippen molar-refractivity contribution < 1.29 is 0 Å². The molecule has 2 nitrogen and oxygen atoms in total. The summed E-state index contributed by atoms with van der Waals surface area (Å²) in [6.45, 7) is 0. The van der Waals surface area contributed by atoms with Gasteiger partial charge in [0.05, 0.1) is 0 Å². The van der Waals surface area contributed by atoms with Crippen LogP contribution in [-0.2, 0) is 0 Å². The molecule has 0 radical (unpaired) electrons. The maximum Gasteiger partial charge on any atom is 0.0414 e. The molecule has 0 aromatic heterocycles. The molecule has 0 spiro atoms. The van der Waals surface area contributed by atoms with Crippen molar-refractivity contribution in [3.05, 3.63) is 54.6 Å². The van der Waals surface area contributed by atoms with Gasteiger partial charge in [0.1, 0.15) is 0 Å². The van der Waals surface area contributed by atoms with Gasteiger partial charge in [-0.1, -0.05) is 76.0 Å². The molecular formula is C30H42N2. The van der Waals surface area contributed by atoms with Gasteiger partial charge in [0, 0.05) is 35.2 Å². The Morgan fingerprint density at radius 3 is 1.31 bits per heavy atom. The second kappa shape index (κ2) is 10.8. The summed E-state index contributed by atoms with van der Waals surface area (Å²) in [4.78, 5) is 5.50. The fourth-order valence-corrected chi connectivity index (χ4v) is 6.72. The maximum absolute atomic E-state index is 2.87. The zero-order valence-corrected chi connectivity index (χ0v) is 19.9. The van der Waals surface area contributed by atoms with Crippen molar-refractivity contribution in [3.63, 3.8) is 0 Å². The van der Waals surface area contributed by atoms with Crippen molar-refractivity contribution in [2.24, 2.45) is 0 Å². The summed E-state index contributed by atoms with van der Waals surface area (Å²) in [6, 6.07) is 23.0. The number of rotatable bonds is 6. The largest absolute Gasteiger partial charge is 0.366 e. The molecule has 5 rings (SSSR count). The third-order valence-electron chi connectivity index (χ3n) is 8.34. The number of hydrogen-bond acceptors (Lipinski definition) is 2. The summed E-state index contributed by atoms with van der Waals surface area (Å²) in [5.41, 5.74) is 4.20. The van der Waals surface area contributed by atoms with Crippen molar-refractivity contribution in [2.75, 3.05) is 9.80 Å². The van der Waals surface area contributed by atoms with Gasteiger partial charge in [-0.05, 0) is 74.9 Å². The van der Waals surface area contributed by atoms with Gasteiger partial charge >= 0.3 is 0 Å². The Bertz CT molecular complexity index is 778. The first-order valence-corrected chi connectivity index (χ1v) is 13.6. The normalized spacial score (nSPS) is 21.4. The Hall–Kier alpha value is -1.96. The second-order valence-corrected chi connectivity index (χ2v) is 10.5. The van der Waals surface area contributed by atoms with Crippen LogP contribution in [0, 0.1) is 0 Å². The van der Waals surface area contributed by atoms with Gasteiger partial charge in [-0.25, -0.2) is 0 Å². The van der Waals surface area contributed by atoms with Crippen molar-refractivity contribution in [3.8, 4) is 0 Å². The van der Waals surface area contributed by atoms with Crippen LogP contribution in [-0.4, -0.2) is 18.1 Å². The highest BCUT2D eigenvalue weighted by Gasteiger charge is 2.29. The lowest BCUT2D eigenvalue weighted by Crippen LogP contribution is -2.45. The molecule has 172 valence electrons. The molecule has 32 heavy (non-hydrogen) atoms. The minimum absolute atomic E-state index is 0.629. The fourth-order valence-electron chi connectivity index (χ4n) is 6.72. The first-order chi connectivity index (χ1) is 15.9. The molecule has 2 heteroatoms. The van der Waals surface area contributed by atoms with Gasteiger partial charge in [-0.15, -0.1) is 0 Å². The minimum Gasteiger partial charge on any atom is -0.366 e. The van der Waals surface area contributed by atoms with E-state index in [1.807, 2.05) is 0 Å². The SMILES string of the molecule is c1ccc(N(c2ccc(N(C3CCCCC3)C3CCCCC3)cc2)C2CCCCC2)cc1. The summed E-state index contributed by atoms with van der Waals surface area (Å²) in [5, 5.41) is 0. The predicted octanol–water partition coefficient (Wildman–Crippen LogP) is 8.63. The maximum atomic E-state index is 2.87. The first kappa shape index (κ1) is 21.9. The molecule has 0 aliphatic heterocycles. The van der Waals surface area contributed by atoms with Gasteiger partial charge in [-0.2, -0.15) is 0 Å². The lowest BCUT2D eigenvalue weighted by Gasteiger charge is -2.44. The summed E-state index contributed by atoms with van der Waals surface area (Å²) in [5.74, 6) is 0. The molecule has 3 saturated carbocycles. The van der Waals surface area contributed by atoms with Crippen LogP contribution in [0.3, 0.4) is 0 Å². The van der Waals surface area contributed by atoms with E-state index in [9.17, 15) is 0 Å². The van der Waals surface area contributed by atoms with Gasteiger partial charge in [-0.3, -0.25) is 0 Å². The van der Waals surface area contributed by atoms with E-state index in [-0.39, 0.29) is 0 Å². The highest BCUT2D eigenvalue weighted by Crippen LogP contribution is 2.38. The fraction of sp³-hybridized carbons (Fsp3) is 0.600. The monoisotopic (exact) mass is 430 g/mol. The third-order valence-corrected chi connectivity index (χ3v) is 8.34. The van der Waals surface area contributed by atoms with E-state index in [2.05, 4.69) is 64.4 Å². The molecule has 0 amide bonds. The first-order valence-electron chi connectivity index (χ1n) is 13.6. The van der Waals surface area contributed by atoms with Crippen molar-refractivity contribution in [2.45, 2.75) is 114 Å². The van der Waals surface area contributed by atoms with E-state index in [0.717, 1.165) is 12.1 Å². The van der Waals surface area contributed by atoms with Crippen LogP contribution < -0.4 is 9.80 Å². The molecule has 2 aromatic carbocycles. The summed E-state index contributed by atoms with van der Waals surface area (Å²) in [7, 11) is 0. The van der Waals surface area contributed by atoms with Crippen LogP contribution in [0.15, 0.2) is 54.6 Å².